The molecule has 0 saturated carbocycles. The number of phenols is 1. The van der Waals surface area contributed by atoms with E-state index in [0.717, 1.165) is 12.1 Å². The number of methoxy groups -OCH3 is 1. The lowest BCUT2D eigenvalue weighted by Crippen LogP contribution is -2.05. The maximum absolute atomic E-state index is 12.6. The van der Waals surface area contributed by atoms with Crippen LogP contribution in [0.5, 0.6) is 11.5 Å². The molecule has 0 fully saturated rings. The number of benzene rings is 2. The molecule has 0 radical (unpaired) electrons. The molecule has 0 amide bonds. The molecule has 0 saturated heterocycles. The van der Waals surface area contributed by atoms with E-state index in [0.29, 0.717) is 17.0 Å². The summed E-state index contributed by atoms with van der Waals surface area (Å²) in [5.41, 5.74) is 2.86. The molecule has 0 aliphatic heterocycles. The normalized spacial score (nSPS) is 12.1. The molecule has 0 heterocycles. The van der Waals surface area contributed by atoms with Crippen molar-refractivity contribution >= 4 is 11.4 Å². The van der Waals surface area contributed by atoms with Gasteiger partial charge in [0.25, 0.3) is 0 Å². The number of rotatable bonds is 4. The van der Waals surface area contributed by atoms with Crippen molar-refractivity contribution in [3.05, 3.63) is 53.6 Å². The van der Waals surface area contributed by atoms with Crippen molar-refractivity contribution in [3.8, 4) is 11.5 Å². The van der Waals surface area contributed by atoms with Gasteiger partial charge < -0.3 is 9.84 Å². The van der Waals surface area contributed by atoms with Crippen molar-refractivity contribution in [1.29, 1.82) is 0 Å². The molecule has 2 aromatic rings. The van der Waals surface area contributed by atoms with Crippen molar-refractivity contribution in [2.24, 2.45) is 5.10 Å². The first-order chi connectivity index (χ1) is 10.8. The molecule has 7 heteroatoms. The van der Waals surface area contributed by atoms with Crippen LogP contribution in [0.15, 0.2) is 47.6 Å². The van der Waals surface area contributed by atoms with E-state index in [1.54, 1.807) is 19.1 Å². The van der Waals surface area contributed by atoms with Crippen LogP contribution in [0.25, 0.3) is 0 Å². The van der Waals surface area contributed by atoms with Gasteiger partial charge in [0.2, 0.25) is 0 Å². The van der Waals surface area contributed by atoms with Crippen LogP contribution in [0, 0.1) is 0 Å². The van der Waals surface area contributed by atoms with Gasteiger partial charge in [-0.25, -0.2) is 0 Å². The van der Waals surface area contributed by atoms with Gasteiger partial charge in [-0.1, -0.05) is 6.07 Å². The van der Waals surface area contributed by atoms with E-state index < -0.39 is 11.7 Å². The van der Waals surface area contributed by atoms with Gasteiger partial charge in [0.15, 0.2) is 0 Å². The van der Waals surface area contributed by atoms with E-state index in [4.69, 9.17) is 4.74 Å². The quantitative estimate of drug-likeness (QED) is 0.653. The third-order valence-electron chi connectivity index (χ3n) is 3.14. The van der Waals surface area contributed by atoms with Crippen molar-refractivity contribution in [2.75, 3.05) is 12.5 Å². The largest absolute Gasteiger partial charge is 0.507 e. The summed E-state index contributed by atoms with van der Waals surface area (Å²) in [6, 6.07) is 9.40. The Morgan fingerprint density at radius 1 is 1.17 bits per heavy atom. The number of hydrazone groups is 1. The summed E-state index contributed by atoms with van der Waals surface area (Å²) in [4.78, 5) is 0. The summed E-state index contributed by atoms with van der Waals surface area (Å²) in [5, 5.41) is 13.9. The van der Waals surface area contributed by atoms with Crippen LogP contribution in [-0.2, 0) is 6.18 Å². The van der Waals surface area contributed by atoms with E-state index in [2.05, 4.69) is 10.5 Å². The predicted octanol–water partition coefficient (Wildman–Crippen LogP) is 4.26. The molecule has 0 aliphatic rings. The minimum atomic E-state index is -4.41. The summed E-state index contributed by atoms with van der Waals surface area (Å²) in [5.74, 6) is 0.460. The molecule has 2 rings (SSSR count). The summed E-state index contributed by atoms with van der Waals surface area (Å²) >= 11 is 0. The summed E-state index contributed by atoms with van der Waals surface area (Å²) < 4.78 is 42.9. The van der Waals surface area contributed by atoms with Crippen molar-refractivity contribution in [3.63, 3.8) is 0 Å². The number of phenolic OH excluding ortho intramolecular Hbond substituents is 1. The van der Waals surface area contributed by atoms with E-state index >= 15 is 0 Å². The second-order valence-electron chi connectivity index (χ2n) is 4.77. The van der Waals surface area contributed by atoms with Gasteiger partial charge in [0.05, 0.1) is 24.1 Å². The van der Waals surface area contributed by atoms with E-state index in [1.807, 2.05) is 0 Å². The van der Waals surface area contributed by atoms with Gasteiger partial charge in [-0.3, -0.25) is 5.43 Å². The first kappa shape index (κ1) is 16.7. The topological polar surface area (TPSA) is 53.8 Å². The maximum Gasteiger partial charge on any atom is 0.416 e. The number of halogens is 3. The third kappa shape index (κ3) is 4.15. The highest BCUT2D eigenvalue weighted by Crippen LogP contribution is 2.30. The third-order valence-corrected chi connectivity index (χ3v) is 3.14. The monoisotopic (exact) mass is 324 g/mol. The van der Waals surface area contributed by atoms with Crippen LogP contribution >= 0.6 is 0 Å². The average molecular weight is 324 g/mol. The Kier molecular flexibility index (Phi) is 4.78. The Hall–Kier alpha value is -2.70. The lowest BCUT2D eigenvalue weighted by Gasteiger charge is -2.09. The molecule has 0 aliphatic carbocycles. The number of hydrogen-bond acceptors (Lipinski definition) is 4. The summed E-state index contributed by atoms with van der Waals surface area (Å²) in [7, 11) is 1.48. The first-order valence-corrected chi connectivity index (χ1v) is 6.66. The molecule has 2 N–H and O–H groups in total. The zero-order valence-electron chi connectivity index (χ0n) is 12.5. The number of anilines is 1. The maximum atomic E-state index is 12.6. The van der Waals surface area contributed by atoms with Gasteiger partial charge in [-0.15, -0.1) is 0 Å². The second-order valence-corrected chi connectivity index (χ2v) is 4.77. The van der Waals surface area contributed by atoms with Crippen LogP contribution in [0.2, 0.25) is 0 Å². The molecular formula is C16H15F3N2O2. The molecular weight excluding hydrogens is 309 g/mol. The zero-order valence-corrected chi connectivity index (χ0v) is 12.5. The number of hydrogen-bond donors (Lipinski definition) is 2. The number of nitrogens with one attached hydrogen (secondary N) is 1. The fourth-order valence-corrected chi connectivity index (χ4v) is 1.92. The zero-order chi connectivity index (χ0) is 17.0. The van der Waals surface area contributed by atoms with E-state index in [-0.39, 0.29) is 11.4 Å². The smallest absolute Gasteiger partial charge is 0.416 e. The lowest BCUT2D eigenvalue weighted by molar-refractivity contribution is -0.137. The van der Waals surface area contributed by atoms with Crippen LogP contribution in [0.3, 0.4) is 0 Å². The molecule has 0 bridgehead atoms. The Morgan fingerprint density at radius 3 is 2.52 bits per heavy atom. The predicted molar refractivity (Wildman–Crippen MR) is 81.9 cm³/mol. The highest BCUT2D eigenvalue weighted by Gasteiger charge is 2.30. The minimum absolute atomic E-state index is 0.0311. The van der Waals surface area contributed by atoms with Crippen molar-refractivity contribution < 1.29 is 23.0 Å². The molecule has 0 atom stereocenters. The van der Waals surface area contributed by atoms with Crippen LogP contribution in [-0.4, -0.2) is 17.9 Å². The van der Waals surface area contributed by atoms with Crippen molar-refractivity contribution in [1.82, 2.24) is 0 Å². The average Bonchev–Trinajstić information content (AvgIpc) is 2.52. The summed E-state index contributed by atoms with van der Waals surface area (Å²) in [6.07, 6.45) is -4.41. The lowest BCUT2D eigenvalue weighted by atomic mass is 10.1. The highest BCUT2D eigenvalue weighted by atomic mass is 19.4. The van der Waals surface area contributed by atoms with Crippen LogP contribution in [0.1, 0.15) is 18.1 Å². The molecule has 0 spiro atoms. The van der Waals surface area contributed by atoms with E-state index in [9.17, 15) is 18.3 Å². The Morgan fingerprint density at radius 2 is 1.91 bits per heavy atom. The van der Waals surface area contributed by atoms with Gasteiger partial charge in [-0.2, -0.15) is 18.3 Å². The number of aromatic hydroxyl groups is 1. The molecule has 0 unspecified atom stereocenters. The molecule has 0 aromatic heterocycles. The number of nitrogens with zero attached hydrogens (tertiary/aromatic N) is 1. The van der Waals surface area contributed by atoms with Crippen molar-refractivity contribution in [2.45, 2.75) is 13.1 Å². The second kappa shape index (κ2) is 6.60. The van der Waals surface area contributed by atoms with Gasteiger partial charge in [0.1, 0.15) is 11.5 Å². The fraction of sp³-hybridized carbons (Fsp3) is 0.188. The highest BCUT2D eigenvalue weighted by molar-refractivity contribution is 6.01. The Labute approximate surface area is 131 Å². The Balaban J connectivity index is 2.20. The summed E-state index contributed by atoms with van der Waals surface area (Å²) in [6.45, 7) is 1.63. The SMILES string of the molecule is COc1ccc(/C(C)=N/Nc2cccc(C(F)(F)F)c2)c(O)c1. The minimum Gasteiger partial charge on any atom is -0.507 e. The van der Waals surface area contributed by atoms with E-state index in [1.165, 1.54) is 25.3 Å². The van der Waals surface area contributed by atoms with Crippen LogP contribution < -0.4 is 10.2 Å². The standard InChI is InChI=1S/C16H15F3N2O2/c1-10(14-7-6-13(23-2)9-15(14)22)20-21-12-5-3-4-11(8-12)16(17,18)19/h3-9,21-22H,1-2H3/b20-10+. The molecule has 2 aromatic carbocycles. The molecule has 4 nitrogen and oxygen atoms in total. The van der Waals surface area contributed by atoms with Crippen LogP contribution in [0.4, 0.5) is 18.9 Å². The first-order valence-electron chi connectivity index (χ1n) is 6.66. The fourth-order valence-electron chi connectivity index (χ4n) is 1.92. The molecule has 23 heavy (non-hydrogen) atoms. The van der Waals surface area contributed by atoms with Gasteiger partial charge >= 0.3 is 6.18 Å². The number of ether oxygens (including phenoxy) is 1. The molecule has 122 valence electrons. The Bertz CT molecular complexity index is 728. The number of alkyl halides is 3. The van der Waals surface area contributed by atoms with Gasteiger partial charge in [0, 0.05) is 11.6 Å². The van der Waals surface area contributed by atoms with Gasteiger partial charge in [-0.05, 0) is 37.3 Å².